The lowest BCUT2D eigenvalue weighted by Crippen LogP contribution is -2.34. The van der Waals surface area contributed by atoms with Gasteiger partial charge in [0.05, 0.1) is 28.1 Å². The molecule has 1 unspecified atom stereocenters. The third-order valence-electron chi connectivity index (χ3n) is 5.63. The standard InChI is InChI=1S/C26H22N4O4S/c1-17-8-14-21(15-9-17)35(33,34)29-23(19-12-10-18(16-27)11-13-19)22-24(26(32)30(2)25(22)31)28-20-6-4-3-5-7-20/h3-15,23,28-29H,1-2H3. The maximum Gasteiger partial charge on any atom is 0.277 e. The van der Waals surface area contributed by atoms with Crippen LogP contribution in [0.2, 0.25) is 0 Å². The monoisotopic (exact) mass is 486 g/mol. The van der Waals surface area contributed by atoms with E-state index in [9.17, 15) is 18.0 Å². The van der Waals surface area contributed by atoms with Crippen LogP contribution in [0.25, 0.3) is 0 Å². The van der Waals surface area contributed by atoms with Gasteiger partial charge in [0.2, 0.25) is 10.0 Å². The van der Waals surface area contributed by atoms with Gasteiger partial charge in [-0.3, -0.25) is 14.5 Å². The number of nitriles is 1. The van der Waals surface area contributed by atoms with E-state index < -0.39 is 27.9 Å². The quantitative estimate of drug-likeness (QED) is 0.495. The topological polar surface area (TPSA) is 119 Å². The van der Waals surface area contributed by atoms with Crippen molar-refractivity contribution in [2.75, 3.05) is 12.4 Å². The second kappa shape index (κ2) is 9.54. The van der Waals surface area contributed by atoms with Crippen molar-refractivity contribution in [3.05, 3.63) is 107 Å². The summed E-state index contributed by atoms with van der Waals surface area (Å²) in [5.41, 5.74) is 2.17. The summed E-state index contributed by atoms with van der Waals surface area (Å²) < 4.78 is 29.3. The number of amides is 2. The Balaban J connectivity index is 1.86. The predicted octanol–water partition coefficient (Wildman–Crippen LogP) is 3.25. The van der Waals surface area contributed by atoms with Crippen molar-refractivity contribution in [1.82, 2.24) is 9.62 Å². The molecule has 0 spiro atoms. The summed E-state index contributed by atoms with van der Waals surface area (Å²) >= 11 is 0. The van der Waals surface area contributed by atoms with Crippen molar-refractivity contribution in [2.24, 2.45) is 0 Å². The van der Waals surface area contributed by atoms with Crippen LogP contribution < -0.4 is 10.0 Å². The van der Waals surface area contributed by atoms with E-state index in [1.54, 1.807) is 48.5 Å². The molecule has 0 aromatic heterocycles. The van der Waals surface area contributed by atoms with Crippen LogP contribution in [-0.4, -0.2) is 32.2 Å². The van der Waals surface area contributed by atoms with E-state index in [4.69, 9.17) is 5.26 Å². The number of para-hydroxylation sites is 1. The second-order valence-corrected chi connectivity index (χ2v) is 9.76. The van der Waals surface area contributed by atoms with Crippen molar-refractivity contribution in [1.29, 1.82) is 5.26 Å². The molecule has 35 heavy (non-hydrogen) atoms. The van der Waals surface area contributed by atoms with E-state index >= 15 is 0 Å². The van der Waals surface area contributed by atoms with Crippen molar-refractivity contribution in [2.45, 2.75) is 17.9 Å². The van der Waals surface area contributed by atoms with Gasteiger partial charge in [0.25, 0.3) is 11.8 Å². The second-order valence-electron chi connectivity index (χ2n) is 8.05. The van der Waals surface area contributed by atoms with Gasteiger partial charge in [0, 0.05) is 12.7 Å². The maximum absolute atomic E-state index is 13.3. The molecule has 1 aliphatic heterocycles. The van der Waals surface area contributed by atoms with Gasteiger partial charge in [-0.2, -0.15) is 9.98 Å². The van der Waals surface area contributed by atoms with Gasteiger partial charge in [-0.15, -0.1) is 0 Å². The van der Waals surface area contributed by atoms with Crippen molar-refractivity contribution < 1.29 is 18.0 Å². The van der Waals surface area contributed by atoms with Gasteiger partial charge in [0.1, 0.15) is 5.70 Å². The SMILES string of the molecule is Cc1ccc(S(=O)(=O)NC(C2=C(Nc3ccccc3)C(=O)N(C)C2=O)c2ccc(C#N)cc2)cc1. The zero-order chi connectivity index (χ0) is 25.2. The Bertz CT molecular complexity index is 1460. The number of carbonyl (C=O) groups is 2. The molecule has 0 aliphatic carbocycles. The largest absolute Gasteiger partial charge is 0.351 e. The molecular formula is C26H22N4O4S. The summed E-state index contributed by atoms with van der Waals surface area (Å²) in [6.45, 7) is 1.84. The van der Waals surface area contributed by atoms with Crippen molar-refractivity contribution >= 4 is 27.5 Å². The van der Waals surface area contributed by atoms with Crippen LogP contribution in [0.5, 0.6) is 0 Å². The smallest absolute Gasteiger partial charge is 0.277 e. The molecule has 9 heteroatoms. The number of anilines is 1. The number of rotatable bonds is 7. The van der Waals surface area contributed by atoms with Gasteiger partial charge in [-0.1, -0.05) is 48.0 Å². The van der Waals surface area contributed by atoms with Crippen molar-refractivity contribution in [3.8, 4) is 6.07 Å². The van der Waals surface area contributed by atoms with Crippen LogP contribution >= 0.6 is 0 Å². The first-order valence-corrected chi connectivity index (χ1v) is 12.2. The molecule has 8 nitrogen and oxygen atoms in total. The zero-order valence-electron chi connectivity index (χ0n) is 19.0. The lowest BCUT2D eigenvalue weighted by Gasteiger charge is -2.21. The summed E-state index contributed by atoms with van der Waals surface area (Å²) in [5, 5.41) is 12.2. The number of likely N-dealkylation sites (N-methyl/N-ethyl adjacent to an activating group) is 1. The van der Waals surface area contributed by atoms with Gasteiger partial charge in [-0.25, -0.2) is 8.42 Å². The molecule has 0 bridgehead atoms. The zero-order valence-corrected chi connectivity index (χ0v) is 19.8. The molecule has 0 saturated carbocycles. The highest BCUT2D eigenvalue weighted by Gasteiger charge is 2.42. The summed E-state index contributed by atoms with van der Waals surface area (Å²) in [7, 11) is -2.75. The van der Waals surface area contributed by atoms with Crippen LogP contribution in [-0.2, 0) is 19.6 Å². The highest BCUT2D eigenvalue weighted by molar-refractivity contribution is 7.89. The highest BCUT2D eigenvalue weighted by Crippen LogP contribution is 2.33. The van der Waals surface area contributed by atoms with E-state index in [-0.39, 0.29) is 16.2 Å². The Morgan fingerprint density at radius 1 is 0.886 bits per heavy atom. The first-order valence-electron chi connectivity index (χ1n) is 10.7. The minimum atomic E-state index is -4.09. The van der Waals surface area contributed by atoms with Gasteiger partial charge in [-0.05, 0) is 48.9 Å². The number of hydrogen-bond donors (Lipinski definition) is 2. The average molecular weight is 487 g/mol. The summed E-state index contributed by atoms with van der Waals surface area (Å²) in [6, 6.07) is 22.1. The number of aryl methyl sites for hydroxylation is 1. The molecule has 0 fully saturated rings. The normalized spacial score (nSPS) is 14.7. The fourth-order valence-corrected chi connectivity index (χ4v) is 4.90. The Labute approximate surface area is 203 Å². The molecule has 0 saturated heterocycles. The molecule has 0 radical (unpaired) electrons. The Morgan fingerprint density at radius 3 is 2.11 bits per heavy atom. The number of sulfonamides is 1. The number of nitrogens with zero attached hydrogens (tertiary/aromatic N) is 2. The number of carbonyl (C=O) groups excluding carboxylic acids is 2. The molecule has 2 amide bonds. The van der Waals surface area contributed by atoms with Crippen LogP contribution in [0.3, 0.4) is 0 Å². The lowest BCUT2D eigenvalue weighted by molar-refractivity contribution is -0.136. The van der Waals surface area contributed by atoms with E-state index in [2.05, 4.69) is 10.0 Å². The number of hydrogen-bond acceptors (Lipinski definition) is 6. The first-order chi connectivity index (χ1) is 16.7. The van der Waals surface area contributed by atoms with Gasteiger partial charge < -0.3 is 5.32 Å². The fraction of sp³-hybridized carbons (Fsp3) is 0.115. The molecule has 1 heterocycles. The average Bonchev–Trinajstić information content (AvgIpc) is 3.07. The molecule has 1 atom stereocenters. The molecule has 2 N–H and O–H groups in total. The van der Waals surface area contributed by atoms with E-state index in [0.717, 1.165) is 10.5 Å². The Morgan fingerprint density at radius 2 is 1.51 bits per heavy atom. The number of nitrogens with one attached hydrogen (secondary N) is 2. The molecule has 4 rings (SSSR count). The Hall–Kier alpha value is -4.26. The lowest BCUT2D eigenvalue weighted by atomic mass is 9.97. The van der Waals surface area contributed by atoms with Crippen LogP contribution in [0.1, 0.15) is 22.7 Å². The summed E-state index contributed by atoms with van der Waals surface area (Å²) in [4.78, 5) is 27.2. The number of imide groups is 1. The predicted molar refractivity (Wildman–Crippen MR) is 130 cm³/mol. The Kier molecular flexibility index (Phi) is 6.51. The molecule has 1 aliphatic rings. The van der Waals surface area contributed by atoms with Crippen LogP contribution in [0, 0.1) is 18.3 Å². The summed E-state index contributed by atoms with van der Waals surface area (Å²) in [6.07, 6.45) is 0. The van der Waals surface area contributed by atoms with E-state index in [1.807, 2.05) is 19.1 Å². The third-order valence-corrected chi connectivity index (χ3v) is 7.07. The first kappa shape index (κ1) is 23.9. The summed E-state index contributed by atoms with van der Waals surface area (Å²) in [5.74, 6) is -1.21. The number of benzene rings is 3. The third kappa shape index (κ3) is 4.84. The van der Waals surface area contributed by atoms with Crippen molar-refractivity contribution in [3.63, 3.8) is 0 Å². The molecule has 176 valence electrons. The van der Waals surface area contributed by atoms with E-state index in [1.165, 1.54) is 31.3 Å². The van der Waals surface area contributed by atoms with E-state index in [0.29, 0.717) is 16.8 Å². The fourth-order valence-electron chi connectivity index (χ4n) is 3.70. The molecule has 3 aromatic rings. The van der Waals surface area contributed by atoms with Crippen LogP contribution in [0.15, 0.2) is 95.0 Å². The maximum atomic E-state index is 13.3. The minimum Gasteiger partial charge on any atom is -0.351 e. The highest BCUT2D eigenvalue weighted by atomic mass is 32.2. The minimum absolute atomic E-state index is 0.0186. The van der Waals surface area contributed by atoms with Gasteiger partial charge >= 0.3 is 0 Å². The molecular weight excluding hydrogens is 464 g/mol. The van der Waals surface area contributed by atoms with Crippen LogP contribution in [0.4, 0.5) is 5.69 Å². The molecule has 3 aromatic carbocycles. The van der Waals surface area contributed by atoms with Gasteiger partial charge in [0.15, 0.2) is 0 Å².